The second kappa shape index (κ2) is 28.8. The van der Waals surface area contributed by atoms with Crippen molar-refractivity contribution in [3.8, 4) is 11.1 Å². The molecule has 9 aromatic rings. The quantitative estimate of drug-likeness (QED) is 0.135. The maximum Gasteiger partial charge on any atom is 0.0467 e. The summed E-state index contributed by atoms with van der Waals surface area (Å²) in [5.41, 5.74) is 29.1. The fraction of sp³-hybridized carbons (Fsp3) is 0.333. The minimum atomic E-state index is 0.201. The van der Waals surface area contributed by atoms with Gasteiger partial charge in [-0.3, -0.25) is 0 Å². The summed E-state index contributed by atoms with van der Waals surface area (Å²) in [5, 5.41) is 0. The molecule has 1 aliphatic carbocycles. The number of hydrogen-bond donors (Lipinski definition) is 0. The lowest BCUT2D eigenvalue weighted by Crippen LogP contribution is -2.14. The van der Waals surface area contributed by atoms with Crippen LogP contribution in [0.2, 0.25) is 0 Å². The van der Waals surface area contributed by atoms with Gasteiger partial charge in [0, 0.05) is 73.7 Å². The van der Waals surface area contributed by atoms with Crippen LogP contribution < -0.4 is 19.6 Å². The zero-order valence-corrected chi connectivity index (χ0v) is 55.4. The third kappa shape index (κ3) is 17.4. The molecule has 0 N–H and O–H groups in total. The second-order valence-corrected chi connectivity index (χ2v) is 26.3. The van der Waals surface area contributed by atoms with Gasteiger partial charge in [-0.1, -0.05) is 210 Å². The molecule has 0 spiro atoms. The topological polar surface area (TPSA) is 13.0 Å². The number of hydrogen-bond acceptors (Lipinski definition) is 4. The van der Waals surface area contributed by atoms with Crippen molar-refractivity contribution < 1.29 is 0 Å². The SMILES string of the molecule is Cc1cc(C)c(N(C)c2ccc(C(C)(C)C)cc2)c(C)c1.Cc1ccc(N(C)c2ccc(-c3ccccc3)cc2)c(C)c1.Cc1ccc(N(C)c2ccc(C(C)(C)C)cc2)c(C)c1.Cc1ccc(N(C)c2ccc(C3CCCCC3)cc2)c(C)c1. The first kappa shape index (κ1) is 64.7. The molecule has 0 radical (unpaired) electrons. The molecule has 9 aromatic carbocycles. The van der Waals surface area contributed by atoms with Crippen molar-refractivity contribution in [1.82, 2.24) is 0 Å². The van der Waals surface area contributed by atoms with E-state index in [1.807, 2.05) is 6.07 Å². The summed E-state index contributed by atoms with van der Waals surface area (Å²) in [6.07, 6.45) is 6.95. The van der Waals surface area contributed by atoms with Crippen LogP contribution in [-0.2, 0) is 10.8 Å². The molecule has 4 nitrogen and oxygen atoms in total. The highest BCUT2D eigenvalue weighted by Gasteiger charge is 2.19. The van der Waals surface area contributed by atoms with Gasteiger partial charge in [0.15, 0.2) is 0 Å². The molecular formula is C81H100N4. The third-order valence-electron chi connectivity index (χ3n) is 17.1. The fourth-order valence-corrected chi connectivity index (χ4v) is 12.1. The average molecular weight is 1130 g/mol. The van der Waals surface area contributed by atoms with E-state index in [1.165, 1.54) is 155 Å². The first-order valence-electron chi connectivity index (χ1n) is 31.0. The predicted octanol–water partition coefficient (Wildman–Crippen LogP) is 22.9. The summed E-state index contributed by atoms with van der Waals surface area (Å²) in [4.78, 5) is 9.07. The molecule has 0 aromatic heterocycles. The van der Waals surface area contributed by atoms with E-state index in [0.717, 1.165) is 5.92 Å². The van der Waals surface area contributed by atoms with Crippen LogP contribution in [0.1, 0.15) is 146 Å². The molecule has 4 heteroatoms. The van der Waals surface area contributed by atoms with Gasteiger partial charge >= 0.3 is 0 Å². The number of benzene rings is 9. The Balaban J connectivity index is 0.000000163. The van der Waals surface area contributed by atoms with Crippen LogP contribution in [0, 0.1) is 62.3 Å². The molecular weight excluding hydrogens is 1030 g/mol. The van der Waals surface area contributed by atoms with Crippen LogP contribution in [0.3, 0.4) is 0 Å². The van der Waals surface area contributed by atoms with Crippen molar-refractivity contribution in [2.45, 2.75) is 153 Å². The van der Waals surface area contributed by atoms with Crippen LogP contribution in [0.15, 0.2) is 194 Å². The smallest absolute Gasteiger partial charge is 0.0467 e. The van der Waals surface area contributed by atoms with Gasteiger partial charge in [-0.2, -0.15) is 0 Å². The maximum atomic E-state index is 2.34. The van der Waals surface area contributed by atoms with Crippen LogP contribution in [-0.4, -0.2) is 28.2 Å². The molecule has 0 bridgehead atoms. The van der Waals surface area contributed by atoms with Crippen LogP contribution in [0.4, 0.5) is 45.5 Å². The van der Waals surface area contributed by atoms with Crippen LogP contribution in [0.5, 0.6) is 0 Å². The highest BCUT2D eigenvalue weighted by molar-refractivity contribution is 5.73. The Morgan fingerprint density at radius 3 is 0.976 bits per heavy atom. The van der Waals surface area contributed by atoms with E-state index in [0.29, 0.717) is 0 Å². The zero-order valence-electron chi connectivity index (χ0n) is 55.4. The normalized spacial score (nSPS) is 12.4. The first-order chi connectivity index (χ1) is 40.3. The van der Waals surface area contributed by atoms with Gasteiger partial charge in [0.1, 0.15) is 0 Å². The zero-order chi connectivity index (χ0) is 61.8. The molecule has 0 aliphatic heterocycles. The Hall–Kier alpha value is -7.82. The summed E-state index contributed by atoms with van der Waals surface area (Å²) in [6, 6.07) is 70.6. The molecule has 0 amide bonds. The molecule has 0 saturated heterocycles. The van der Waals surface area contributed by atoms with Gasteiger partial charge in [-0.05, 0) is 214 Å². The van der Waals surface area contributed by atoms with E-state index in [4.69, 9.17) is 0 Å². The van der Waals surface area contributed by atoms with Crippen molar-refractivity contribution in [1.29, 1.82) is 0 Å². The second-order valence-electron chi connectivity index (χ2n) is 26.3. The summed E-state index contributed by atoms with van der Waals surface area (Å²) in [7, 11) is 8.56. The number of rotatable bonds is 10. The van der Waals surface area contributed by atoms with Gasteiger partial charge in [0.25, 0.3) is 0 Å². The third-order valence-corrected chi connectivity index (χ3v) is 17.1. The highest BCUT2D eigenvalue weighted by atomic mass is 15.1. The van der Waals surface area contributed by atoms with E-state index in [9.17, 15) is 0 Å². The largest absolute Gasteiger partial charge is 0.344 e. The van der Waals surface area contributed by atoms with Crippen LogP contribution in [0.25, 0.3) is 11.1 Å². The molecule has 0 heterocycles. The van der Waals surface area contributed by atoms with E-state index in [-0.39, 0.29) is 10.8 Å². The van der Waals surface area contributed by atoms with Gasteiger partial charge in [0.2, 0.25) is 0 Å². The Labute approximate surface area is 515 Å². The average Bonchev–Trinajstić information content (AvgIpc) is 3.64. The van der Waals surface area contributed by atoms with Gasteiger partial charge in [-0.25, -0.2) is 0 Å². The van der Waals surface area contributed by atoms with Gasteiger partial charge < -0.3 is 19.6 Å². The number of aryl methyl sites for hydroxylation is 9. The summed E-state index contributed by atoms with van der Waals surface area (Å²) >= 11 is 0. The van der Waals surface area contributed by atoms with Crippen LogP contribution >= 0.6 is 0 Å². The summed E-state index contributed by atoms with van der Waals surface area (Å²) < 4.78 is 0. The van der Waals surface area contributed by atoms with E-state index >= 15 is 0 Å². The lowest BCUT2D eigenvalue weighted by Gasteiger charge is -2.26. The molecule has 1 saturated carbocycles. The van der Waals surface area contributed by atoms with Crippen molar-refractivity contribution >= 4 is 45.5 Å². The molecule has 85 heavy (non-hydrogen) atoms. The summed E-state index contributed by atoms with van der Waals surface area (Å²) in [6.45, 7) is 33.0. The maximum absolute atomic E-state index is 2.34. The monoisotopic (exact) mass is 1130 g/mol. The molecule has 0 atom stereocenters. The van der Waals surface area contributed by atoms with Crippen molar-refractivity contribution in [3.63, 3.8) is 0 Å². The van der Waals surface area contributed by atoms with E-state index in [2.05, 4.69) is 340 Å². The standard InChI is InChI=1S/C21H27N.C21H21N.C20H27N.C19H25N/c2*1-16-9-14-21(17(2)15-16)22(3)20-12-10-19(11-13-20)18-7-5-4-6-8-18;1-14-12-15(2)19(16(3)13-14)21(7)18-10-8-17(9-11-18)20(4,5)6;1-14-7-12-18(15(2)13-14)20(6)17-10-8-16(9-11-17)19(3,4)5/h9-15,18H,4-8H2,1-3H3;4-15H,1-3H3;8-13H,1-7H3;7-13H,1-6H3. The number of anilines is 8. The van der Waals surface area contributed by atoms with Crippen molar-refractivity contribution in [3.05, 3.63) is 261 Å². The Kier molecular flexibility index (Phi) is 22.0. The Morgan fingerprint density at radius 1 is 0.306 bits per heavy atom. The molecule has 10 rings (SSSR count). The van der Waals surface area contributed by atoms with E-state index in [1.54, 1.807) is 0 Å². The number of nitrogens with zero attached hydrogens (tertiary/aromatic N) is 4. The van der Waals surface area contributed by atoms with Crippen molar-refractivity contribution in [2.75, 3.05) is 47.8 Å². The summed E-state index contributed by atoms with van der Waals surface area (Å²) in [5.74, 6) is 0.786. The van der Waals surface area contributed by atoms with E-state index < -0.39 is 0 Å². The first-order valence-corrected chi connectivity index (χ1v) is 31.0. The lowest BCUT2D eigenvalue weighted by molar-refractivity contribution is 0.443. The highest BCUT2D eigenvalue weighted by Crippen LogP contribution is 2.37. The molecule has 444 valence electrons. The minimum absolute atomic E-state index is 0.201. The molecule has 1 aliphatic rings. The fourth-order valence-electron chi connectivity index (χ4n) is 12.1. The Morgan fingerprint density at radius 2 is 0.624 bits per heavy atom. The van der Waals surface area contributed by atoms with Crippen molar-refractivity contribution in [2.24, 2.45) is 0 Å². The molecule has 0 unspecified atom stereocenters. The predicted molar refractivity (Wildman–Crippen MR) is 375 cm³/mol. The minimum Gasteiger partial charge on any atom is -0.344 e. The van der Waals surface area contributed by atoms with Gasteiger partial charge in [0.05, 0.1) is 0 Å². The van der Waals surface area contributed by atoms with Gasteiger partial charge in [-0.15, -0.1) is 0 Å². The Bertz CT molecular complexity index is 3530. The molecule has 1 fully saturated rings. The lowest BCUT2D eigenvalue weighted by atomic mass is 9.84.